The van der Waals surface area contributed by atoms with Gasteiger partial charge in [0.25, 0.3) is 5.95 Å². The minimum Gasteiger partial charge on any atom is -0.353 e. The molecular weight excluding hydrogens is 469 g/mol. The van der Waals surface area contributed by atoms with Gasteiger partial charge in [-0.3, -0.25) is 4.98 Å². The summed E-state index contributed by atoms with van der Waals surface area (Å²) >= 11 is 0. The third-order valence-electron chi connectivity index (χ3n) is 6.45. The highest BCUT2D eigenvalue weighted by atomic mass is 19.2. The molecule has 0 amide bonds. The van der Waals surface area contributed by atoms with E-state index in [4.69, 9.17) is 9.97 Å². The molecule has 1 saturated carbocycles. The van der Waals surface area contributed by atoms with Gasteiger partial charge in [-0.05, 0) is 43.4 Å². The maximum atomic E-state index is 14.1. The Morgan fingerprint density at radius 3 is 2.72 bits per heavy atom. The van der Waals surface area contributed by atoms with Crippen molar-refractivity contribution in [1.82, 2.24) is 30.2 Å². The number of nitrogens with one attached hydrogen (secondary N) is 2. The number of fused-ring (bicyclic) bond motifs is 1. The van der Waals surface area contributed by atoms with E-state index in [0.717, 1.165) is 49.2 Å². The van der Waals surface area contributed by atoms with Gasteiger partial charge in [0.05, 0.1) is 11.7 Å². The van der Waals surface area contributed by atoms with Crippen molar-refractivity contribution in [3.05, 3.63) is 59.9 Å². The van der Waals surface area contributed by atoms with E-state index >= 15 is 0 Å². The number of pyridine rings is 3. The van der Waals surface area contributed by atoms with Gasteiger partial charge in [0.15, 0.2) is 23.3 Å². The van der Waals surface area contributed by atoms with E-state index in [1.807, 2.05) is 6.20 Å². The Bertz CT molecular complexity index is 1460. The highest BCUT2D eigenvalue weighted by molar-refractivity contribution is 5.94. The van der Waals surface area contributed by atoms with Gasteiger partial charge < -0.3 is 15.5 Å². The molecule has 1 unspecified atom stereocenters. The van der Waals surface area contributed by atoms with Crippen LogP contribution >= 0.6 is 0 Å². The van der Waals surface area contributed by atoms with Crippen LogP contribution in [-0.2, 0) is 0 Å². The summed E-state index contributed by atoms with van der Waals surface area (Å²) in [6, 6.07) is 4.11. The highest BCUT2D eigenvalue weighted by Gasteiger charge is 2.30. The molecule has 0 radical (unpaired) electrons. The van der Waals surface area contributed by atoms with Crippen LogP contribution in [0.3, 0.4) is 0 Å². The monoisotopic (exact) mass is 492 g/mol. The lowest BCUT2D eigenvalue weighted by molar-refractivity contribution is 0.467. The Morgan fingerprint density at radius 1 is 1.06 bits per heavy atom. The molecule has 1 atom stereocenters. The van der Waals surface area contributed by atoms with Crippen LogP contribution in [0.2, 0.25) is 0 Å². The number of anilines is 3. The van der Waals surface area contributed by atoms with Crippen molar-refractivity contribution in [1.29, 1.82) is 0 Å². The van der Waals surface area contributed by atoms with Crippen LogP contribution < -0.4 is 15.5 Å². The van der Waals surface area contributed by atoms with Gasteiger partial charge in [0, 0.05) is 55.1 Å². The molecule has 2 N–H and O–H groups in total. The maximum Gasteiger partial charge on any atom is 0.251 e. The Kier molecular flexibility index (Phi) is 5.63. The second kappa shape index (κ2) is 8.98. The highest BCUT2D eigenvalue weighted by Crippen LogP contribution is 2.45. The van der Waals surface area contributed by atoms with Crippen molar-refractivity contribution in [2.75, 3.05) is 29.9 Å². The Morgan fingerprint density at radius 2 is 1.92 bits per heavy atom. The molecule has 184 valence electrons. The summed E-state index contributed by atoms with van der Waals surface area (Å²) in [6.07, 6.45) is 7.45. The fourth-order valence-electron chi connectivity index (χ4n) is 4.57. The van der Waals surface area contributed by atoms with E-state index < -0.39 is 23.4 Å². The van der Waals surface area contributed by atoms with Crippen LogP contribution in [0.1, 0.15) is 31.2 Å². The van der Waals surface area contributed by atoms with Gasteiger partial charge in [0.1, 0.15) is 11.6 Å². The number of halogens is 3. The molecule has 36 heavy (non-hydrogen) atoms. The number of aromatic nitrogens is 5. The minimum absolute atomic E-state index is 0.191. The topological polar surface area (TPSA) is 91.8 Å². The standard InChI is InChI=1S/C25H23F3N8/c1-13-12-36(7-6-30-13)25-21-16(14-2-3-14)10-29-11-19(21)32-23(35-25)15-4-5-31-20(8-15)33-24-18(27)9-17(26)22(28)34-24/h4-5,8-11,13-14,30H,2-3,6-7,12H2,1H3,(H,31,33,34). The minimum atomic E-state index is -1.40. The van der Waals surface area contributed by atoms with Crippen LogP contribution in [0, 0.1) is 17.6 Å². The third kappa shape index (κ3) is 4.30. The van der Waals surface area contributed by atoms with Crippen molar-refractivity contribution in [2.24, 2.45) is 0 Å². The van der Waals surface area contributed by atoms with Gasteiger partial charge in [-0.2, -0.15) is 9.37 Å². The van der Waals surface area contributed by atoms with Gasteiger partial charge in [-0.1, -0.05) is 0 Å². The molecule has 4 aromatic heterocycles. The van der Waals surface area contributed by atoms with E-state index in [1.54, 1.807) is 18.3 Å². The van der Waals surface area contributed by atoms with Crippen molar-refractivity contribution in [3.8, 4) is 11.4 Å². The average Bonchev–Trinajstić information content (AvgIpc) is 3.72. The van der Waals surface area contributed by atoms with E-state index in [1.165, 1.54) is 11.8 Å². The number of hydrogen-bond donors (Lipinski definition) is 2. The van der Waals surface area contributed by atoms with Gasteiger partial charge in [-0.25, -0.2) is 23.7 Å². The van der Waals surface area contributed by atoms with Gasteiger partial charge in [-0.15, -0.1) is 0 Å². The Hall–Kier alpha value is -3.86. The third-order valence-corrected chi connectivity index (χ3v) is 6.45. The van der Waals surface area contributed by atoms with E-state index in [0.29, 0.717) is 29.4 Å². The molecular formula is C25H23F3N8. The zero-order valence-electron chi connectivity index (χ0n) is 19.5. The molecule has 1 aliphatic carbocycles. The van der Waals surface area contributed by atoms with Crippen molar-refractivity contribution in [3.63, 3.8) is 0 Å². The molecule has 1 saturated heterocycles. The summed E-state index contributed by atoms with van der Waals surface area (Å²) in [7, 11) is 0. The number of nitrogens with zero attached hydrogens (tertiary/aromatic N) is 6. The lowest BCUT2D eigenvalue weighted by Crippen LogP contribution is -2.49. The van der Waals surface area contributed by atoms with Crippen LogP contribution in [0.15, 0.2) is 36.8 Å². The fourth-order valence-corrected chi connectivity index (χ4v) is 4.57. The molecule has 2 fully saturated rings. The molecule has 2 aliphatic rings. The molecule has 6 rings (SSSR count). The SMILES string of the molecule is CC1CN(c2nc(-c3ccnc(Nc4nc(F)c(F)cc4F)c3)nc3cncc(C4CC4)c23)CCN1. The summed E-state index contributed by atoms with van der Waals surface area (Å²) in [5.41, 5.74) is 2.56. The van der Waals surface area contributed by atoms with Crippen LogP contribution in [0.25, 0.3) is 22.3 Å². The summed E-state index contributed by atoms with van der Waals surface area (Å²) in [4.78, 5) is 24.0. The Balaban J connectivity index is 1.43. The molecule has 0 spiro atoms. The molecule has 4 aromatic rings. The second-order valence-corrected chi connectivity index (χ2v) is 9.22. The van der Waals surface area contributed by atoms with Crippen molar-refractivity contribution < 1.29 is 13.2 Å². The smallest absolute Gasteiger partial charge is 0.251 e. The first-order valence-electron chi connectivity index (χ1n) is 11.8. The molecule has 5 heterocycles. The van der Waals surface area contributed by atoms with Crippen molar-refractivity contribution in [2.45, 2.75) is 31.7 Å². The predicted molar refractivity (Wildman–Crippen MR) is 130 cm³/mol. The first-order chi connectivity index (χ1) is 17.5. The number of piperazine rings is 1. The van der Waals surface area contributed by atoms with Gasteiger partial charge >= 0.3 is 0 Å². The first-order valence-corrected chi connectivity index (χ1v) is 11.8. The lowest BCUT2D eigenvalue weighted by Gasteiger charge is -2.33. The molecule has 1 aliphatic heterocycles. The zero-order chi connectivity index (χ0) is 24.8. The summed E-state index contributed by atoms with van der Waals surface area (Å²) in [6.45, 7) is 4.61. The Labute approximate surface area is 205 Å². The zero-order valence-corrected chi connectivity index (χ0v) is 19.5. The fraction of sp³-hybridized carbons (Fsp3) is 0.320. The summed E-state index contributed by atoms with van der Waals surface area (Å²) < 4.78 is 40.9. The van der Waals surface area contributed by atoms with Crippen molar-refractivity contribution >= 4 is 28.4 Å². The largest absolute Gasteiger partial charge is 0.353 e. The maximum absolute atomic E-state index is 14.1. The molecule has 0 aromatic carbocycles. The lowest BCUT2D eigenvalue weighted by atomic mass is 10.1. The molecule has 0 bridgehead atoms. The molecule has 11 heteroatoms. The first kappa shape index (κ1) is 22.6. The average molecular weight is 493 g/mol. The normalized spacial score (nSPS) is 18.0. The summed E-state index contributed by atoms with van der Waals surface area (Å²) in [5, 5.41) is 7.11. The number of hydrogen-bond acceptors (Lipinski definition) is 8. The van der Waals surface area contributed by atoms with Gasteiger partial charge in [0.2, 0.25) is 0 Å². The van der Waals surface area contributed by atoms with Crippen LogP contribution in [0.4, 0.5) is 30.6 Å². The van der Waals surface area contributed by atoms with E-state index in [-0.39, 0.29) is 5.82 Å². The van der Waals surface area contributed by atoms with Crippen LogP contribution in [-0.4, -0.2) is 50.6 Å². The predicted octanol–water partition coefficient (Wildman–Crippen LogP) is 4.32. The summed E-state index contributed by atoms with van der Waals surface area (Å²) in [5.74, 6) is -2.26. The van der Waals surface area contributed by atoms with E-state index in [9.17, 15) is 13.2 Å². The quantitative estimate of drug-likeness (QED) is 0.398. The van der Waals surface area contributed by atoms with Crippen LogP contribution in [0.5, 0.6) is 0 Å². The second-order valence-electron chi connectivity index (χ2n) is 9.22. The molecule has 8 nitrogen and oxygen atoms in total. The number of rotatable bonds is 5. The van der Waals surface area contributed by atoms with E-state index in [2.05, 4.69) is 37.4 Å².